The molecule has 1 aliphatic carbocycles. The molecule has 1 N–H and O–H groups in total. The van der Waals surface area contributed by atoms with E-state index < -0.39 is 24.5 Å². The second-order valence-electron chi connectivity index (χ2n) is 7.07. The van der Waals surface area contributed by atoms with Crippen LogP contribution in [-0.2, 0) is 23.9 Å². The van der Waals surface area contributed by atoms with Crippen LogP contribution >= 0.6 is 0 Å². The Morgan fingerprint density at radius 3 is 2.29 bits per heavy atom. The summed E-state index contributed by atoms with van der Waals surface area (Å²) in [6, 6.07) is 8.21. The van der Waals surface area contributed by atoms with Crippen molar-refractivity contribution in [2.24, 2.45) is 11.8 Å². The highest BCUT2D eigenvalue weighted by Crippen LogP contribution is 2.37. The molecule has 3 rings (SSSR count). The molecule has 3 amide bonds. The Balaban J connectivity index is 1.53. The first-order valence-electron chi connectivity index (χ1n) is 9.26. The summed E-state index contributed by atoms with van der Waals surface area (Å²) in [6.07, 6.45) is 2.06. The second kappa shape index (κ2) is 8.21. The maximum Gasteiger partial charge on any atom is 0.326 e. The summed E-state index contributed by atoms with van der Waals surface area (Å²) in [7, 11) is 0. The standard InChI is InChI=1S/C20H21N3O5/c1-12(18(25)22-14-8-6-13(10-21)7-9-14)28-17(24)11-23-19(26)15-4-2-3-5-16(15)20(23)27/h6-9,12,15-16H,2-5,11H2,1H3,(H,22,25)/t12-,15-,16+/m1/s1. The number of likely N-dealkylation sites (tertiary alicyclic amines) is 1. The molecule has 1 aromatic carbocycles. The fraction of sp³-hybridized carbons (Fsp3) is 0.450. The Hall–Kier alpha value is -3.21. The zero-order valence-electron chi connectivity index (χ0n) is 15.5. The van der Waals surface area contributed by atoms with E-state index in [9.17, 15) is 19.2 Å². The highest BCUT2D eigenvalue weighted by atomic mass is 16.5. The molecule has 0 spiro atoms. The van der Waals surface area contributed by atoms with Crippen molar-refractivity contribution in [2.75, 3.05) is 11.9 Å². The van der Waals surface area contributed by atoms with E-state index in [1.807, 2.05) is 6.07 Å². The third-order valence-electron chi connectivity index (χ3n) is 5.18. The van der Waals surface area contributed by atoms with Crippen LogP contribution in [-0.4, -0.2) is 41.2 Å². The monoisotopic (exact) mass is 383 g/mol. The Bertz CT molecular complexity index is 818. The first kappa shape index (κ1) is 19.5. The third-order valence-corrected chi connectivity index (χ3v) is 5.18. The van der Waals surface area contributed by atoms with Gasteiger partial charge in [-0.15, -0.1) is 0 Å². The Morgan fingerprint density at radius 1 is 1.18 bits per heavy atom. The van der Waals surface area contributed by atoms with Crippen molar-refractivity contribution in [1.29, 1.82) is 5.26 Å². The molecule has 1 aliphatic heterocycles. The molecule has 28 heavy (non-hydrogen) atoms. The lowest BCUT2D eigenvalue weighted by Crippen LogP contribution is -2.39. The maximum atomic E-state index is 12.4. The molecule has 0 aromatic heterocycles. The van der Waals surface area contributed by atoms with Crippen LogP contribution in [0.15, 0.2) is 24.3 Å². The molecule has 1 saturated heterocycles. The van der Waals surface area contributed by atoms with Gasteiger partial charge in [-0.3, -0.25) is 24.1 Å². The number of ether oxygens (including phenoxy) is 1. The molecule has 1 saturated carbocycles. The first-order valence-corrected chi connectivity index (χ1v) is 9.26. The Morgan fingerprint density at radius 2 is 1.75 bits per heavy atom. The van der Waals surface area contributed by atoms with Crippen LogP contribution in [0.2, 0.25) is 0 Å². The number of carbonyl (C=O) groups excluding carboxylic acids is 4. The van der Waals surface area contributed by atoms with Crippen molar-refractivity contribution in [3.63, 3.8) is 0 Å². The lowest BCUT2D eigenvalue weighted by Gasteiger charge is -2.19. The van der Waals surface area contributed by atoms with Crippen LogP contribution < -0.4 is 5.32 Å². The third kappa shape index (κ3) is 4.03. The summed E-state index contributed by atoms with van der Waals surface area (Å²) in [4.78, 5) is 50.1. The van der Waals surface area contributed by atoms with Gasteiger partial charge in [0, 0.05) is 5.69 Å². The Kier molecular flexibility index (Phi) is 5.73. The van der Waals surface area contributed by atoms with Crippen LogP contribution in [0.3, 0.4) is 0 Å². The highest BCUT2D eigenvalue weighted by Gasteiger charge is 2.48. The average Bonchev–Trinajstić information content (AvgIpc) is 2.93. The molecule has 2 aliphatic rings. The number of amides is 3. The number of hydrogen-bond acceptors (Lipinski definition) is 6. The van der Waals surface area contributed by atoms with Gasteiger partial charge in [-0.25, -0.2) is 0 Å². The summed E-state index contributed by atoms with van der Waals surface area (Å²) >= 11 is 0. The van der Waals surface area contributed by atoms with Gasteiger partial charge >= 0.3 is 5.97 Å². The molecule has 2 fully saturated rings. The normalized spacial score (nSPS) is 22.2. The van der Waals surface area contributed by atoms with E-state index in [1.54, 1.807) is 24.3 Å². The number of fused-ring (bicyclic) bond motifs is 1. The van der Waals surface area contributed by atoms with Crippen molar-refractivity contribution in [3.8, 4) is 6.07 Å². The van der Waals surface area contributed by atoms with Crippen LogP contribution in [0, 0.1) is 23.2 Å². The molecule has 0 radical (unpaired) electrons. The molecule has 0 unspecified atom stereocenters. The van der Waals surface area contributed by atoms with Gasteiger partial charge in [0.05, 0.1) is 23.5 Å². The van der Waals surface area contributed by atoms with E-state index in [2.05, 4.69) is 5.32 Å². The van der Waals surface area contributed by atoms with Gasteiger partial charge in [-0.05, 0) is 44.0 Å². The Labute approximate surface area is 162 Å². The number of esters is 1. The topological polar surface area (TPSA) is 117 Å². The summed E-state index contributed by atoms with van der Waals surface area (Å²) in [5.74, 6) is -2.64. The molecule has 1 aromatic rings. The number of rotatable bonds is 5. The van der Waals surface area contributed by atoms with Gasteiger partial charge in [0.25, 0.3) is 5.91 Å². The molecular formula is C20H21N3O5. The van der Waals surface area contributed by atoms with Crippen molar-refractivity contribution < 1.29 is 23.9 Å². The van der Waals surface area contributed by atoms with E-state index in [0.29, 0.717) is 24.1 Å². The number of nitrogens with zero attached hydrogens (tertiary/aromatic N) is 2. The highest BCUT2D eigenvalue weighted by molar-refractivity contribution is 6.07. The minimum atomic E-state index is -1.10. The quantitative estimate of drug-likeness (QED) is 0.610. The summed E-state index contributed by atoms with van der Waals surface area (Å²) in [5, 5.41) is 11.4. The maximum absolute atomic E-state index is 12.4. The number of nitriles is 1. The number of hydrogen-bond donors (Lipinski definition) is 1. The van der Waals surface area contributed by atoms with Gasteiger partial charge in [-0.2, -0.15) is 5.26 Å². The molecule has 3 atom stereocenters. The molecule has 0 bridgehead atoms. The van der Waals surface area contributed by atoms with Crippen molar-refractivity contribution in [1.82, 2.24) is 4.90 Å². The lowest BCUT2D eigenvalue weighted by atomic mass is 9.81. The van der Waals surface area contributed by atoms with Crippen LogP contribution in [0.25, 0.3) is 0 Å². The van der Waals surface area contributed by atoms with Crippen LogP contribution in [0.4, 0.5) is 5.69 Å². The second-order valence-corrected chi connectivity index (χ2v) is 7.07. The summed E-state index contributed by atoms with van der Waals surface area (Å²) < 4.78 is 5.09. The van der Waals surface area contributed by atoms with E-state index in [0.717, 1.165) is 17.7 Å². The predicted octanol–water partition coefficient (Wildman–Crippen LogP) is 1.60. The molecular weight excluding hydrogens is 362 g/mol. The molecule has 8 nitrogen and oxygen atoms in total. The van der Waals surface area contributed by atoms with Crippen molar-refractivity contribution in [2.45, 2.75) is 38.7 Å². The zero-order valence-corrected chi connectivity index (χ0v) is 15.5. The van der Waals surface area contributed by atoms with E-state index in [-0.39, 0.29) is 23.7 Å². The van der Waals surface area contributed by atoms with E-state index in [1.165, 1.54) is 6.92 Å². The number of anilines is 1. The molecule has 1 heterocycles. The number of imide groups is 1. The number of benzene rings is 1. The SMILES string of the molecule is C[C@@H](OC(=O)CN1C(=O)[C@H]2CCCC[C@H]2C1=O)C(=O)Nc1ccc(C#N)cc1. The molecule has 146 valence electrons. The first-order chi connectivity index (χ1) is 13.4. The predicted molar refractivity (Wildman–Crippen MR) is 97.5 cm³/mol. The number of carbonyl (C=O) groups is 4. The van der Waals surface area contributed by atoms with Crippen molar-refractivity contribution in [3.05, 3.63) is 29.8 Å². The van der Waals surface area contributed by atoms with Gasteiger partial charge < -0.3 is 10.1 Å². The average molecular weight is 383 g/mol. The van der Waals surface area contributed by atoms with Gasteiger partial charge in [-0.1, -0.05) is 12.8 Å². The smallest absolute Gasteiger partial charge is 0.326 e. The minimum Gasteiger partial charge on any atom is -0.451 e. The van der Waals surface area contributed by atoms with E-state index >= 15 is 0 Å². The summed E-state index contributed by atoms with van der Waals surface area (Å²) in [6.45, 7) is 0.934. The zero-order chi connectivity index (χ0) is 20.3. The molecule has 8 heteroatoms. The van der Waals surface area contributed by atoms with E-state index in [4.69, 9.17) is 10.00 Å². The van der Waals surface area contributed by atoms with Gasteiger partial charge in [0.2, 0.25) is 11.8 Å². The van der Waals surface area contributed by atoms with Crippen molar-refractivity contribution >= 4 is 29.4 Å². The lowest BCUT2D eigenvalue weighted by molar-refractivity contribution is -0.158. The fourth-order valence-corrected chi connectivity index (χ4v) is 3.68. The van der Waals surface area contributed by atoms with Gasteiger partial charge in [0.15, 0.2) is 6.10 Å². The summed E-state index contributed by atoms with van der Waals surface area (Å²) in [5.41, 5.74) is 0.916. The number of nitrogens with one attached hydrogen (secondary N) is 1. The minimum absolute atomic E-state index is 0.318. The van der Waals surface area contributed by atoms with Gasteiger partial charge in [0.1, 0.15) is 6.54 Å². The van der Waals surface area contributed by atoms with Crippen LogP contribution in [0.1, 0.15) is 38.2 Å². The van der Waals surface area contributed by atoms with Crippen LogP contribution in [0.5, 0.6) is 0 Å². The fourth-order valence-electron chi connectivity index (χ4n) is 3.68. The largest absolute Gasteiger partial charge is 0.451 e.